The number of carbonyl (C=O) groups is 1. The maximum atomic E-state index is 13.1. The third kappa shape index (κ3) is 3.63. The smallest absolute Gasteiger partial charge is 0.253 e. The van der Waals surface area contributed by atoms with E-state index in [0.717, 1.165) is 36.3 Å². The highest BCUT2D eigenvalue weighted by atomic mass is 16.2. The second-order valence-electron chi connectivity index (χ2n) is 10.2. The fraction of sp³-hybridized carbons (Fsp3) is 0.519. The van der Waals surface area contributed by atoms with Gasteiger partial charge in [-0.3, -0.25) is 4.79 Å². The Morgan fingerprint density at radius 1 is 0.862 bits per heavy atom. The van der Waals surface area contributed by atoms with Gasteiger partial charge in [0.15, 0.2) is 0 Å². The van der Waals surface area contributed by atoms with Gasteiger partial charge >= 0.3 is 0 Å². The van der Waals surface area contributed by atoms with Gasteiger partial charge in [-0.1, -0.05) is 43.3 Å². The third-order valence-electron chi connectivity index (χ3n) is 7.91. The first kappa shape index (κ1) is 18.9. The average molecular weight is 388 g/mol. The fourth-order valence-corrected chi connectivity index (χ4v) is 7.02. The highest BCUT2D eigenvalue weighted by molar-refractivity contribution is 5.94. The summed E-state index contributed by atoms with van der Waals surface area (Å²) in [7, 11) is 2.01. The number of nitrogens with zero attached hydrogens (tertiary/aromatic N) is 1. The summed E-state index contributed by atoms with van der Waals surface area (Å²) in [6.07, 6.45) is 9.48. The molecule has 4 aliphatic carbocycles. The molecule has 0 heterocycles. The number of carbonyl (C=O) groups excluding carboxylic acids is 1. The predicted octanol–water partition coefficient (Wildman–Crippen LogP) is 6.20. The lowest BCUT2D eigenvalue weighted by Gasteiger charge is -2.57. The Morgan fingerprint density at radius 3 is 1.83 bits per heavy atom. The van der Waals surface area contributed by atoms with Gasteiger partial charge in [-0.15, -0.1) is 0 Å². The minimum Gasteiger partial charge on any atom is -0.341 e. The topological polar surface area (TPSA) is 20.3 Å². The maximum Gasteiger partial charge on any atom is 0.253 e. The van der Waals surface area contributed by atoms with E-state index in [2.05, 4.69) is 43.3 Å². The van der Waals surface area contributed by atoms with Gasteiger partial charge in [0, 0.05) is 19.2 Å². The molecule has 6 rings (SSSR count). The summed E-state index contributed by atoms with van der Waals surface area (Å²) in [6, 6.07) is 16.9. The molecule has 152 valence electrons. The highest BCUT2D eigenvalue weighted by Crippen LogP contribution is 2.60. The number of hydrogen-bond acceptors (Lipinski definition) is 1. The summed E-state index contributed by atoms with van der Waals surface area (Å²) in [4.78, 5) is 15.1. The molecule has 2 heteroatoms. The molecule has 4 bridgehead atoms. The molecule has 29 heavy (non-hydrogen) atoms. The summed E-state index contributed by atoms with van der Waals surface area (Å²) < 4.78 is 0. The van der Waals surface area contributed by atoms with Crippen LogP contribution in [0.5, 0.6) is 0 Å². The van der Waals surface area contributed by atoms with Gasteiger partial charge in [0.25, 0.3) is 5.91 Å². The Labute approximate surface area is 175 Å². The summed E-state index contributed by atoms with van der Waals surface area (Å²) in [5, 5.41) is 0. The first-order valence-corrected chi connectivity index (χ1v) is 11.5. The lowest BCUT2D eigenvalue weighted by molar-refractivity contribution is -0.0629. The maximum absolute atomic E-state index is 13.1. The Balaban J connectivity index is 1.27. The fourth-order valence-electron chi connectivity index (χ4n) is 7.02. The zero-order valence-electron chi connectivity index (χ0n) is 17.9. The van der Waals surface area contributed by atoms with Gasteiger partial charge in [-0.05, 0) is 96.9 Å². The molecule has 0 aliphatic heterocycles. The molecule has 4 aliphatic rings. The molecular weight excluding hydrogens is 354 g/mol. The molecule has 0 N–H and O–H groups in total. The van der Waals surface area contributed by atoms with Crippen molar-refractivity contribution in [1.82, 2.24) is 4.90 Å². The van der Waals surface area contributed by atoms with Gasteiger partial charge < -0.3 is 4.90 Å². The second-order valence-corrected chi connectivity index (χ2v) is 10.2. The van der Waals surface area contributed by atoms with E-state index < -0.39 is 0 Å². The number of benzene rings is 2. The van der Waals surface area contributed by atoms with Crippen LogP contribution in [0.25, 0.3) is 11.1 Å². The molecule has 2 nitrogen and oxygen atoms in total. The molecule has 0 saturated heterocycles. The van der Waals surface area contributed by atoms with Crippen LogP contribution in [0.15, 0.2) is 48.5 Å². The molecule has 0 aromatic heterocycles. The van der Waals surface area contributed by atoms with Crippen molar-refractivity contribution in [3.8, 4) is 11.1 Å². The van der Waals surface area contributed by atoms with Crippen molar-refractivity contribution in [2.24, 2.45) is 23.2 Å². The van der Waals surface area contributed by atoms with Crippen LogP contribution in [0.3, 0.4) is 0 Å². The largest absolute Gasteiger partial charge is 0.341 e. The van der Waals surface area contributed by atoms with Gasteiger partial charge in [-0.25, -0.2) is 0 Å². The minimum absolute atomic E-state index is 0.175. The van der Waals surface area contributed by atoms with E-state index in [1.165, 1.54) is 55.2 Å². The lowest BCUT2D eigenvalue weighted by Crippen LogP contribution is -2.51. The Morgan fingerprint density at radius 2 is 1.34 bits per heavy atom. The zero-order chi connectivity index (χ0) is 20.0. The number of amides is 1. The van der Waals surface area contributed by atoms with Crippen LogP contribution in [-0.4, -0.2) is 24.4 Å². The second kappa shape index (κ2) is 7.31. The molecule has 4 saturated carbocycles. The molecule has 4 fully saturated rings. The van der Waals surface area contributed by atoms with Crippen LogP contribution in [-0.2, 0) is 6.42 Å². The summed E-state index contributed by atoms with van der Waals surface area (Å²) >= 11 is 0. The predicted molar refractivity (Wildman–Crippen MR) is 119 cm³/mol. The minimum atomic E-state index is 0.175. The number of aryl methyl sites for hydroxylation is 1. The normalized spacial score (nSPS) is 29.8. The van der Waals surface area contributed by atoms with E-state index in [1.807, 2.05) is 24.1 Å². The van der Waals surface area contributed by atoms with Gasteiger partial charge in [-0.2, -0.15) is 0 Å². The van der Waals surface area contributed by atoms with Gasteiger partial charge in [0.2, 0.25) is 0 Å². The van der Waals surface area contributed by atoms with E-state index in [0.29, 0.717) is 5.41 Å². The summed E-state index contributed by atoms with van der Waals surface area (Å²) in [6.45, 7) is 3.12. The highest BCUT2D eigenvalue weighted by Gasteiger charge is 2.51. The van der Waals surface area contributed by atoms with Crippen LogP contribution in [0, 0.1) is 23.2 Å². The SMILES string of the molecule is CCc1ccc(-c2ccc(C(=O)N(C)CC34CC5CC(CC(C5)C3)C4)cc2)cc1. The standard InChI is InChI=1S/C27H33NO/c1-3-19-4-6-23(7-5-19)24-8-10-25(11-9-24)26(29)28(2)18-27-15-20-12-21(16-27)14-22(13-20)17-27/h4-11,20-22H,3,12-18H2,1-2H3. The van der Waals surface area contributed by atoms with Crippen molar-refractivity contribution in [3.05, 3.63) is 59.7 Å². The van der Waals surface area contributed by atoms with Crippen molar-refractivity contribution in [2.75, 3.05) is 13.6 Å². The van der Waals surface area contributed by atoms with E-state index in [-0.39, 0.29) is 5.91 Å². The van der Waals surface area contributed by atoms with Crippen molar-refractivity contribution >= 4 is 5.91 Å². The van der Waals surface area contributed by atoms with Gasteiger partial charge in [0.1, 0.15) is 0 Å². The Bertz CT molecular complexity index is 844. The Kier molecular flexibility index (Phi) is 4.76. The van der Waals surface area contributed by atoms with Crippen LogP contribution >= 0.6 is 0 Å². The van der Waals surface area contributed by atoms with Crippen molar-refractivity contribution < 1.29 is 4.79 Å². The van der Waals surface area contributed by atoms with E-state index >= 15 is 0 Å². The van der Waals surface area contributed by atoms with Crippen LogP contribution < -0.4 is 0 Å². The molecule has 0 radical (unpaired) electrons. The van der Waals surface area contributed by atoms with Crippen molar-refractivity contribution in [2.45, 2.75) is 51.9 Å². The first-order valence-electron chi connectivity index (χ1n) is 11.5. The molecule has 2 aromatic rings. The molecule has 0 unspecified atom stereocenters. The lowest BCUT2D eigenvalue weighted by atomic mass is 9.49. The van der Waals surface area contributed by atoms with E-state index in [9.17, 15) is 4.79 Å². The van der Waals surface area contributed by atoms with Crippen LogP contribution in [0.2, 0.25) is 0 Å². The summed E-state index contributed by atoms with van der Waals surface area (Å²) in [5.41, 5.74) is 4.95. The first-order chi connectivity index (χ1) is 14.0. The molecular formula is C27H33NO. The van der Waals surface area contributed by atoms with Crippen LogP contribution in [0.1, 0.15) is 61.4 Å². The van der Waals surface area contributed by atoms with Crippen molar-refractivity contribution in [1.29, 1.82) is 0 Å². The molecule has 0 atom stereocenters. The molecule has 2 aromatic carbocycles. The van der Waals surface area contributed by atoms with Crippen molar-refractivity contribution in [3.63, 3.8) is 0 Å². The third-order valence-corrected chi connectivity index (χ3v) is 7.91. The quantitative estimate of drug-likeness (QED) is 0.598. The molecule has 1 amide bonds. The zero-order valence-corrected chi connectivity index (χ0v) is 17.9. The van der Waals surface area contributed by atoms with E-state index in [1.54, 1.807) is 0 Å². The monoisotopic (exact) mass is 387 g/mol. The molecule has 0 spiro atoms. The number of rotatable bonds is 5. The summed E-state index contributed by atoms with van der Waals surface area (Å²) in [5.74, 6) is 2.98. The van der Waals surface area contributed by atoms with Crippen LogP contribution in [0.4, 0.5) is 0 Å². The number of hydrogen-bond donors (Lipinski definition) is 0. The average Bonchev–Trinajstić information content (AvgIpc) is 2.72. The Hall–Kier alpha value is -2.09. The van der Waals surface area contributed by atoms with E-state index in [4.69, 9.17) is 0 Å². The van der Waals surface area contributed by atoms with Gasteiger partial charge in [0.05, 0.1) is 0 Å².